The topological polar surface area (TPSA) is 122 Å². The third-order valence-corrected chi connectivity index (χ3v) is 2.79. The molecule has 0 bridgehead atoms. The van der Waals surface area contributed by atoms with Crippen molar-refractivity contribution in [3.8, 4) is 0 Å². The lowest BCUT2D eigenvalue weighted by Crippen LogP contribution is -2.38. The van der Waals surface area contributed by atoms with Gasteiger partial charge in [-0.05, 0) is 13.3 Å². The molecule has 0 fully saturated rings. The number of carbonyl (C=O) groups is 1. The Balaban J connectivity index is 3.23. The second-order valence-electron chi connectivity index (χ2n) is 4.33. The maximum Gasteiger partial charge on any atom is 0.330 e. The van der Waals surface area contributed by atoms with Gasteiger partial charge in [-0.25, -0.2) is 4.79 Å². The fourth-order valence-electron chi connectivity index (χ4n) is 1.72. The number of allylic oxidation sites excluding steroid dienone is 1. The lowest BCUT2D eigenvalue weighted by molar-refractivity contribution is -0.112. The van der Waals surface area contributed by atoms with Crippen LogP contribution in [0.2, 0.25) is 0 Å². The van der Waals surface area contributed by atoms with Gasteiger partial charge in [0.15, 0.2) is 0 Å². The first-order chi connectivity index (χ1) is 10.5. The van der Waals surface area contributed by atoms with Crippen molar-refractivity contribution in [3.05, 3.63) is 45.3 Å². The largest absolute Gasteiger partial charge is 0.383 e. The first-order valence-corrected chi connectivity index (χ1v) is 6.70. The zero-order valence-electron chi connectivity index (χ0n) is 12.5. The molecule has 0 unspecified atom stereocenters. The van der Waals surface area contributed by atoms with Crippen molar-refractivity contribution in [2.75, 3.05) is 11.1 Å². The first kappa shape index (κ1) is 17.2. The third-order valence-electron chi connectivity index (χ3n) is 2.79. The van der Waals surface area contributed by atoms with Gasteiger partial charge < -0.3 is 11.1 Å². The summed E-state index contributed by atoms with van der Waals surface area (Å²) in [7, 11) is 0. The highest BCUT2D eigenvalue weighted by Crippen LogP contribution is 2.08. The van der Waals surface area contributed by atoms with Crippen LogP contribution in [0, 0.1) is 0 Å². The Hall–Kier alpha value is -2.90. The number of carbonyl (C=O) groups excluding carboxylic acids is 1. The minimum atomic E-state index is -0.646. The molecule has 8 heteroatoms. The second kappa shape index (κ2) is 7.77. The molecule has 1 amide bonds. The van der Waals surface area contributed by atoms with Crippen LogP contribution >= 0.6 is 0 Å². The van der Waals surface area contributed by atoms with Gasteiger partial charge >= 0.3 is 5.69 Å². The van der Waals surface area contributed by atoms with E-state index in [0.29, 0.717) is 6.42 Å². The van der Waals surface area contributed by atoms with Gasteiger partial charge in [0.05, 0.1) is 5.57 Å². The van der Waals surface area contributed by atoms with E-state index in [9.17, 15) is 14.4 Å². The zero-order valence-corrected chi connectivity index (χ0v) is 12.5. The highest BCUT2D eigenvalue weighted by Gasteiger charge is 2.15. The molecule has 0 aromatic carbocycles. The summed E-state index contributed by atoms with van der Waals surface area (Å²) in [5.41, 5.74) is 4.44. The van der Waals surface area contributed by atoms with Crippen LogP contribution in [0.1, 0.15) is 20.3 Å². The van der Waals surface area contributed by atoms with Crippen molar-refractivity contribution in [2.45, 2.75) is 26.8 Å². The van der Waals surface area contributed by atoms with E-state index < -0.39 is 17.2 Å². The van der Waals surface area contributed by atoms with Crippen LogP contribution in [0.4, 0.5) is 11.5 Å². The smallest absolute Gasteiger partial charge is 0.330 e. The van der Waals surface area contributed by atoms with Crippen LogP contribution in [0.5, 0.6) is 0 Å². The Bertz CT molecular complexity index is 740. The predicted molar refractivity (Wildman–Crippen MR) is 87.1 cm³/mol. The molecular formula is C14H19N5O3. The number of anilines is 2. The Morgan fingerprint density at radius 3 is 2.73 bits per heavy atom. The summed E-state index contributed by atoms with van der Waals surface area (Å²) in [4.78, 5) is 42.1. The molecule has 8 nitrogen and oxygen atoms in total. The van der Waals surface area contributed by atoms with Gasteiger partial charge in [0, 0.05) is 19.0 Å². The molecular weight excluding hydrogens is 286 g/mol. The van der Waals surface area contributed by atoms with Crippen molar-refractivity contribution >= 4 is 23.6 Å². The van der Waals surface area contributed by atoms with Gasteiger partial charge in [0.2, 0.25) is 0 Å². The Kier molecular flexibility index (Phi) is 6.06. The predicted octanol–water partition coefficient (Wildman–Crippen LogP) is 0.628. The molecule has 0 aliphatic rings. The molecule has 1 aromatic rings. The molecule has 0 saturated heterocycles. The van der Waals surface area contributed by atoms with E-state index in [-0.39, 0.29) is 23.6 Å². The van der Waals surface area contributed by atoms with Crippen molar-refractivity contribution in [1.29, 1.82) is 0 Å². The monoisotopic (exact) mass is 305 g/mol. The van der Waals surface area contributed by atoms with E-state index in [1.165, 1.54) is 18.5 Å². The summed E-state index contributed by atoms with van der Waals surface area (Å²) in [6.45, 7) is 7.11. The number of nitrogens with two attached hydrogens (primary N) is 1. The number of rotatable bonds is 6. The third kappa shape index (κ3) is 3.81. The molecule has 1 aromatic heterocycles. The fraction of sp³-hybridized carbons (Fsp3) is 0.286. The van der Waals surface area contributed by atoms with E-state index in [0.717, 1.165) is 4.57 Å². The number of aromatic amines is 1. The molecule has 0 aliphatic carbocycles. The van der Waals surface area contributed by atoms with Crippen LogP contribution in [0.25, 0.3) is 0 Å². The van der Waals surface area contributed by atoms with E-state index in [4.69, 9.17) is 5.73 Å². The fourth-order valence-corrected chi connectivity index (χ4v) is 1.72. The second-order valence-corrected chi connectivity index (χ2v) is 4.33. The standard InChI is InChI=1S/C14H19N5O3/c1-4-7-19-13(21)10(11(15)18-14(19)22)17-12(20)9(5-2)8-16-6-3/h5-6,8H,3-4,7,15H2,1-2H3,(H,17,20)(H,18,22)/b9-5+,16-8?. The van der Waals surface area contributed by atoms with Crippen LogP contribution < -0.4 is 22.3 Å². The molecule has 118 valence electrons. The molecule has 0 spiro atoms. The summed E-state index contributed by atoms with van der Waals surface area (Å²) in [6.07, 6.45) is 4.69. The van der Waals surface area contributed by atoms with Crippen molar-refractivity contribution < 1.29 is 4.79 Å². The maximum atomic E-state index is 12.2. The van der Waals surface area contributed by atoms with Gasteiger partial charge in [-0.15, -0.1) is 0 Å². The number of nitrogens with one attached hydrogen (secondary N) is 2. The molecule has 4 N–H and O–H groups in total. The lowest BCUT2D eigenvalue weighted by atomic mass is 10.2. The van der Waals surface area contributed by atoms with Gasteiger partial charge in [0.25, 0.3) is 11.5 Å². The lowest BCUT2D eigenvalue weighted by Gasteiger charge is -2.10. The summed E-state index contributed by atoms with van der Waals surface area (Å²) in [5, 5.41) is 2.40. The number of H-pyrrole nitrogens is 1. The van der Waals surface area contributed by atoms with E-state index in [1.807, 2.05) is 6.92 Å². The highest BCUT2D eigenvalue weighted by atomic mass is 16.2. The number of hydrogen-bond donors (Lipinski definition) is 3. The minimum absolute atomic E-state index is 0.163. The molecule has 1 rings (SSSR count). The Morgan fingerprint density at radius 2 is 2.18 bits per heavy atom. The average Bonchev–Trinajstić information content (AvgIpc) is 2.48. The number of amides is 1. The van der Waals surface area contributed by atoms with Gasteiger partial charge in [-0.3, -0.25) is 24.1 Å². The van der Waals surface area contributed by atoms with Crippen LogP contribution in [-0.4, -0.2) is 21.7 Å². The van der Waals surface area contributed by atoms with E-state index in [2.05, 4.69) is 21.9 Å². The Morgan fingerprint density at radius 1 is 1.50 bits per heavy atom. The van der Waals surface area contributed by atoms with Crippen molar-refractivity contribution in [3.63, 3.8) is 0 Å². The number of nitrogen functional groups attached to an aromatic ring is 1. The van der Waals surface area contributed by atoms with Crippen molar-refractivity contribution in [2.24, 2.45) is 4.99 Å². The number of hydrogen-bond acceptors (Lipinski definition) is 5. The maximum absolute atomic E-state index is 12.2. The summed E-state index contributed by atoms with van der Waals surface area (Å²) in [6, 6.07) is 0. The summed E-state index contributed by atoms with van der Waals surface area (Å²) < 4.78 is 0.985. The van der Waals surface area contributed by atoms with Gasteiger partial charge in [-0.2, -0.15) is 0 Å². The molecule has 22 heavy (non-hydrogen) atoms. The van der Waals surface area contributed by atoms with Gasteiger partial charge in [-0.1, -0.05) is 19.6 Å². The highest BCUT2D eigenvalue weighted by molar-refractivity contribution is 6.18. The molecule has 0 radical (unpaired) electrons. The van der Waals surface area contributed by atoms with Crippen LogP contribution in [0.15, 0.2) is 39.0 Å². The minimum Gasteiger partial charge on any atom is -0.383 e. The normalized spacial score (nSPS) is 11.6. The quantitative estimate of drug-likeness (QED) is 0.527. The zero-order chi connectivity index (χ0) is 16.7. The van der Waals surface area contributed by atoms with Crippen molar-refractivity contribution in [1.82, 2.24) is 9.55 Å². The number of aromatic nitrogens is 2. The average molecular weight is 305 g/mol. The molecule has 0 aliphatic heterocycles. The van der Waals surface area contributed by atoms with Gasteiger partial charge in [0.1, 0.15) is 11.5 Å². The molecule has 0 saturated carbocycles. The first-order valence-electron chi connectivity index (χ1n) is 6.70. The van der Waals surface area contributed by atoms with E-state index in [1.54, 1.807) is 6.92 Å². The van der Waals surface area contributed by atoms with Crippen LogP contribution in [-0.2, 0) is 11.3 Å². The SMILES string of the molecule is C=CN=C/C(=C\C)C(=O)Nc1c(N)[nH]c(=O)n(CCC)c1=O. The van der Waals surface area contributed by atoms with Crippen LogP contribution in [0.3, 0.4) is 0 Å². The summed E-state index contributed by atoms with van der Waals surface area (Å²) >= 11 is 0. The molecule has 0 atom stereocenters. The Labute approximate surface area is 127 Å². The van der Waals surface area contributed by atoms with E-state index >= 15 is 0 Å². The number of nitrogens with zero attached hydrogens (tertiary/aromatic N) is 2. The molecule has 1 heterocycles. The number of aliphatic imine (C=N–C) groups is 1. The summed E-state index contributed by atoms with van der Waals surface area (Å²) in [5.74, 6) is -0.751.